The van der Waals surface area contributed by atoms with Crippen LogP contribution >= 0.6 is 0 Å². The van der Waals surface area contributed by atoms with E-state index in [0.717, 1.165) is 25.7 Å². The fourth-order valence-electron chi connectivity index (χ4n) is 15.5. The smallest absolute Gasteiger partial charge is 0.303 e. The molecule has 348 valence electrons. The second-order valence-electron chi connectivity index (χ2n) is 22.3. The minimum Gasteiger partial charge on any atom is -0.456 e. The molecule has 0 radical (unpaired) electrons. The summed E-state index contributed by atoms with van der Waals surface area (Å²) < 4.78 is 43.1. The third kappa shape index (κ3) is 6.89. The molecule has 0 bridgehead atoms. The van der Waals surface area contributed by atoms with E-state index in [-0.39, 0.29) is 51.9 Å². The summed E-state index contributed by atoms with van der Waals surface area (Å²) in [6.07, 6.45) is -8.21. The number of esters is 2. The Balaban J connectivity index is 1.13. The number of hydrogen-bond acceptors (Lipinski definition) is 16. The number of ether oxygens (including phenoxy) is 7. The summed E-state index contributed by atoms with van der Waals surface area (Å²) >= 11 is 0. The number of carbonyl (C=O) groups excluding carboxylic acids is 2. The maximum atomic E-state index is 12.3. The molecule has 16 nitrogen and oxygen atoms in total. The van der Waals surface area contributed by atoms with Gasteiger partial charge < -0.3 is 68.9 Å². The molecular weight excluding hydrogens is 796 g/mol. The highest BCUT2D eigenvalue weighted by Crippen LogP contribution is 2.89. The summed E-state index contributed by atoms with van der Waals surface area (Å²) in [5.41, 5.74) is -3.33. The van der Waals surface area contributed by atoms with Crippen molar-refractivity contribution >= 4 is 11.9 Å². The average molecular weight is 869 g/mol. The molecule has 2 spiro atoms. The van der Waals surface area contributed by atoms with Crippen LogP contribution in [-0.4, -0.2) is 152 Å². The van der Waals surface area contributed by atoms with Crippen LogP contribution in [0.15, 0.2) is 0 Å². The minimum atomic E-state index is -1.63. The molecule has 0 unspecified atom stereocenters. The first-order chi connectivity index (χ1) is 28.3. The number of rotatable bonds is 9. The third-order valence-corrected chi connectivity index (χ3v) is 18.4. The largest absolute Gasteiger partial charge is 0.456 e. The predicted molar refractivity (Wildman–Crippen MR) is 213 cm³/mol. The van der Waals surface area contributed by atoms with E-state index in [1.165, 1.54) is 13.8 Å². The standard InChI is InChI=1S/C45H72O16/c1-21(47)57-27-19-55-37(33(53)34(27)58-22(2)48)61-29-10-11-45-20-44(45)13-12-41(7)35(43(9)15-23(18-56-43)40(5,6)54)24(49)16-42(41,8)28(44)14-25(36(45)39(29,3)4)59-38-32(52)31(51)30(50)26(17-46)60-38/h23-38,46,49-54H,10-20H2,1-9H3/t23-,24+,25+,26-,27-,28+,29+,30+,31+,32-,33-,34+,35+,36+,37+,38-,41-,42-,43-,44+,45-/m1/s1. The van der Waals surface area contributed by atoms with E-state index < -0.39 is 109 Å². The highest BCUT2D eigenvalue weighted by molar-refractivity contribution is 5.67. The van der Waals surface area contributed by atoms with Crippen molar-refractivity contribution in [3.8, 4) is 0 Å². The molecule has 8 fully saturated rings. The van der Waals surface area contributed by atoms with Crippen molar-refractivity contribution in [2.45, 2.75) is 199 Å². The van der Waals surface area contributed by atoms with Crippen molar-refractivity contribution < 1.29 is 78.5 Å². The Morgan fingerprint density at radius 3 is 2.07 bits per heavy atom. The van der Waals surface area contributed by atoms with Crippen molar-refractivity contribution in [1.29, 1.82) is 0 Å². The quantitative estimate of drug-likeness (QED) is 0.129. The molecular formula is C45H72O16. The maximum Gasteiger partial charge on any atom is 0.303 e. The van der Waals surface area contributed by atoms with Crippen molar-refractivity contribution in [2.24, 2.45) is 50.7 Å². The second kappa shape index (κ2) is 15.3. The summed E-state index contributed by atoms with van der Waals surface area (Å²) in [5.74, 6) is -1.68. The SMILES string of the molecule is CC(=O)O[C@@H]1[C@@H](O)[C@H](O[C@H]2CC[C@]34C[C@]35CC[C@]3(C)[C@@H]([C@@]6(C)C[C@@H](C(C)(C)O)CO6)[C@@H](O)C[C@]3(C)[C@@H]5C[C@H](O[C@@H]3O[C@H](CO)[C@H](O)[C@H](O)[C@H]3O)[C@H]4C2(C)C)OC[C@H]1OC(C)=O. The number of carbonyl (C=O) groups is 2. The van der Waals surface area contributed by atoms with Gasteiger partial charge in [0, 0.05) is 25.7 Å². The van der Waals surface area contributed by atoms with Crippen LogP contribution in [0, 0.1) is 50.7 Å². The summed E-state index contributed by atoms with van der Waals surface area (Å²) in [6, 6.07) is 0. The second-order valence-corrected chi connectivity index (χ2v) is 22.3. The van der Waals surface area contributed by atoms with E-state index in [0.29, 0.717) is 32.3 Å². The summed E-state index contributed by atoms with van der Waals surface area (Å²) in [4.78, 5) is 24.0. The van der Waals surface area contributed by atoms with Crippen LogP contribution in [0.25, 0.3) is 0 Å². The van der Waals surface area contributed by atoms with E-state index in [1.807, 2.05) is 13.8 Å². The summed E-state index contributed by atoms with van der Waals surface area (Å²) in [5, 5.41) is 77.8. The Bertz CT molecular complexity index is 1680. The Morgan fingerprint density at radius 1 is 0.754 bits per heavy atom. The zero-order chi connectivity index (χ0) is 44.6. The van der Waals surface area contributed by atoms with Gasteiger partial charge in [0.15, 0.2) is 24.8 Å². The molecule has 61 heavy (non-hydrogen) atoms. The van der Waals surface area contributed by atoms with E-state index >= 15 is 0 Å². The van der Waals surface area contributed by atoms with Gasteiger partial charge in [-0.2, -0.15) is 0 Å². The fourth-order valence-corrected chi connectivity index (χ4v) is 15.5. The molecule has 5 saturated carbocycles. The zero-order valence-corrected chi connectivity index (χ0v) is 37.3. The van der Waals surface area contributed by atoms with Crippen LogP contribution in [0.2, 0.25) is 0 Å². The van der Waals surface area contributed by atoms with E-state index in [9.17, 15) is 45.3 Å². The van der Waals surface area contributed by atoms with Gasteiger partial charge in [-0.15, -0.1) is 0 Å². The molecule has 0 amide bonds. The van der Waals surface area contributed by atoms with Crippen molar-refractivity contribution in [1.82, 2.24) is 0 Å². The minimum absolute atomic E-state index is 0.0686. The van der Waals surface area contributed by atoms with Crippen LogP contribution in [0.5, 0.6) is 0 Å². The molecule has 3 heterocycles. The van der Waals surface area contributed by atoms with Crippen LogP contribution in [0.1, 0.15) is 114 Å². The van der Waals surface area contributed by atoms with Crippen LogP contribution in [0.3, 0.4) is 0 Å². The monoisotopic (exact) mass is 868 g/mol. The van der Waals surface area contributed by atoms with Crippen molar-refractivity contribution in [2.75, 3.05) is 19.8 Å². The molecule has 3 aliphatic heterocycles. The molecule has 0 aromatic heterocycles. The highest BCUT2D eigenvalue weighted by Gasteiger charge is 2.85. The molecule has 3 saturated heterocycles. The lowest BCUT2D eigenvalue weighted by Crippen LogP contribution is -2.65. The lowest BCUT2D eigenvalue weighted by Gasteiger charge is -2.65. The summed E-state index contributed by atoms with van der Waals surface area (Å²) in [6.45, 7) is 16.7. The van der Waals surface area contributed by atoms with Gasteiger partial charge in [-0.25, -0.2) is 0 Å². The number of aliphatic hydroxyl groups is 7. The summed E-state index contributed by atoms with van der Waals surface area (Å²) in [7, 11) is 0. The first-order valence-corrected chi connectivity index (χ1v) is 22.6. The van der Waals surface area contributed by atoms with Crippen LogP contribution in [-0.2, 0) is 42.7 Å². The molecule has 8 aliphatic rings. The number of hydrogen-bond donors (Lipinski definition) is 7. The Labute approximate surface area is 358 Å². The number of fused-ring (bicyclic) bond motifs is 2. The highest BCUT2D eigenvalue weighted by atomic mass is 16.7. The molecule has 7 N–H and O–H groups in total. The first-order valence-electron chi connectivity index (χ1n) is 22.6. The molecule has 21 atom stereocenters. The van der Waals surface area contributed by atoms with Crippen LogP contribution < -0.4 is 0 Å². The first kappa shape index (κ1) is 46.0. The third-order valence-electron chi connectivity index (χ3n) is 18.4. The van der Waals surface area contributed by atoms with Gasteiger partial charge in [-0.1, -0.05) is 27.7 Å². The van der Waals surface area contributed by atoms with E-state index in [1.54, 1.807) is 0 Å². The molecule has 5 aliphatic carbocycles. The molecule has 8 rings (SSSR count). The predicted octanol–water partition coefficient (Wildman–Crippen LogP) is 1.72. The Hall–Kier alpha value is -1.54. The van der Waals surface area contributed by atoms with Crippen LogP contribution in [0.4, 0.5) is 0 Å². The molecule has 16 heteroatoms. The normalized spacial score (nSPS) is 53.8. The van der Waals surface area contributed by atoms with Gasteiger partial charge in [0.25, 0.3) is 0 Å². The Kier molecular flexibility index (Phi) is 11.5. The van der Waals surface area contributed by atoms with Gasteiger partial charge in [-0.3, -0.25) is 9.59 Å². The average Bonchev–Trinajstić information content (AvgIpc) is 3.52. The van der Waals surface area contributed by atoms with Gasteiger partial charge in [0.2, 0.25) is 0 Å². The van der Waals surface area contributed by atoms with E-state index in [2.05, 4.69) is 34.6 Å². The number of aliphatic hydroxyl groups excluding tert-OH is 6. The van der Waals surface area contributed by atoms with Gasteiger partial charge in [0.1, 0.15) is 30.5 Å². The topological polar surface area (TPSA) is 240 Å². The molecule has 0 aromatic rings. The maximum absolute atomic E-state index is 12.3. The van der Waals surface area contributed by atoms with Gasteiger partial charge in [-0.05, 0) is 111 Å². The van der Waals surface area contributed by atoms with E-state index in [4.69, 9.17) is 33.2 Å². The van der Waals surface area contributed by atoms with Crippen molar-refractivity contribution in [3.63, 3.8) is 0 Å². The molecule has 0 aromatic carbocycles. The van der Waals surface area contributed by atoms with Gasteiger partial charge in [0.05, 0.1) is 49.3 Å². The lowest BCUT2D eigenvalue weighted by molar-refractivity contribution is -0.339. The fraction of sp³-hybridized carbons (Fsp3) is 0.956. The Morgan fingerprint density at radius 2 is 1.44 bits per heavy atom. The zero-order valence-electron chi connectivity index (χ0n) is 37.3. The lowest BCUT2D eigenvalue weighted by atomic mass is 9.41. The van der Waals surface area contributed by atoms with Gasteiger partial charge >= 0.3 is 11.9 Å². The van der Waals surface area contributed by atoms with Crippen molar-refractivity contribution in [3.05, 3.63) is 0 Å².